The summed E-state index contributed by atoms with van der Waals surface area (Å²) in [5.41, 5.74) is 2.83. The van der Waals surface area contributed by atoms with Crippen LogP contribution in [0.1, 0.15) is 56.6 Å². The monoisotopic (exact) mass is 455 g/mol. The quantitative estimate of drug-likeness (QED) is 0.340. The van der Waals surface area contributed by atoms with Crippen LogP contribution < -0.4 is 0 Å². The molecule has 2 atom stereocenters. The number of hydrogen-bond donors (Lipinski definition) is 2. The molecule has 0 aromatic heterocycles. The Morgan fingerprint density at radius 1 is 1.09 bits per heavy atom. The average molecular weight is 456 g/mol. The summed E-state index contributed by atoms with van der Waals surface area (Å²) in [5, 5.41) is 20.1. The Morgan fingerprint density at radius 3 is 2.59 bits per heavy atom. The first-order valence-corrected chi connectivity index (χ1v) is 11.6. The second kappa shape index (κ2) is 11.8. The van der Waals surface area contributed by atoms with Gasteiger partial charge in [0.2, 0.25) is 5.91 Å². The molecule has 0 saturated carbocycles. The fourth-order valence-electron chi connectivity index (χ4n) is 4.05. The molecule has 0 aliphatic carbocycles. The van der Waals surface area contributed by atoms with Gasteiger partial charge in [0.05, 0.1) is 12.1 Å². The van der Waals surface area contributed by atoms with Gasteiger partial charge in [-0.15, -0.1) is 0 Å². The molecule has 1 aliphatic heterocycles. The number of amides is 1. The van der Waals surface area contributed by atoms with Crippen LogP contribution in [0.4, 0.5) is 0 Å². The molecule has 32 heavy (non-hydrogen) atoms. The van der Waals surface area contributed by atoms with Crippen molar-refractivity contribution in [2.45, 2.75) is 57.1 Å². The number of likely N-dealkylation sites (tertiary alicyclic amines) is 1. The van der Waals surface area contributed by atoms with Gasteiger partial charge >= 0.3 is 5.97 Å². The fourth-order valence-corrected chi connectivity index (χ4v) is 4.17. The maximum absolute atomic E-state index is 12.3. The molecule has 2 aromatic rings. The van der Waals surface area contributed by atoms with Crippen LogP contribution in [0.3, 0.4) is 0 Å². The number of benzene rings is 2. The van der Waals surface area contributed by atoms with Crippen molar-refractivity contribution in [3.63, 3.8) is 0 Å². The summed E-state index contributed by atoms with van der Waals surface area (Å²) in [6, 6.07) is 15.4. The number of aliphatic hydroxyl groups is 1. The van der Waals surface area contributed by atoms with Crippen molar-refractivity contribution in [1.82, 2.24) is 4.90 Å². The molecule has 0 bridgehead atoms. The molecule has 1 unspecified atom stereocenters. The van der Waals surface area contributed by atoms with Gasteiger partial charge in [0.25, 0.3) is 0 Å². The zero-order valence-corrected chi connectivity index (χ0v) is 18.9. The smallest absolute Gasteiger partial charge is 0.303 e. The number of carbonyl (C=O) groups excluding carboxylic acids is 1. The van der Waals surface area contributed by atoms with E-state index in [9.17, 15) is 14.7 Å². The maximum Gasteiger partial charge on any atom is 0.303 e. The van der Waals surface area contributed by atoms with Crippen molar-refractivity contribution >= 4 is 23.5 Å². The maximum atomic E-state index is 12.3. The summed E-state index contributed by atoms with van der Waals surface area (Å²) in [6.45, 7) is 0.670. The van der Waals surface area contributed by atoms with E-state index in [2.05, 4.69) is 0 Å². The normalized spacial score (nSPS) is 17.2. The standard InChI is InChI=1S/C26H30ClNO4/c27-22-11-9-19(10-12-22)20-6-5-7-21(18-20)24(29)15-13-23-14-16-25(30)28(23)17-4-2-1-3-8-26(31)32/h5-7,9-13,15,18,23-24,29H,1-4,8,14,16-17H2,(H,31,32)/t23-,24?/m0/s1. The van der Waals surface area contributed by atoms with Gasteiger partial charge in [-0.05, 0) is 54.2 Å². The minimum atomic E-state index is -0.762. The molecule has 3 rings (SSSR count). The number of unbranched alkanes of at least 4 members (excludes halogenated alkanes) is 3. The lowest BCUT2D eigenvalue weighted by molar-refractivity contribution is -0.137. The number of nitrogens with zero attached hydrogens (tertiary/aromatic N) is 1. The van der Waals surface area contributed by atoms with Crippen LogP contribution in [0.2, 0.25) is 5.02 Å². The Hall–Kier alpha value is -2.63. The van der Waals surface area contributed by atoms with Gasteiger partial charge in [-0.2, -0.15) is 0 Å². The average Bonchev–Trinajstić information content (AvgIpc) is 3.14. The van der Waals surface area contributed by atoms with E-state index in [1.54, 1.807) is 6.08 Å². The summed E-state index contributed by atoms with van der Waals surface area (Å²) < 4.78 is 0. The first-order chi connectivity index (χ1) is 15.4. The zero-order valence-electron chi connectivity index (χ0n) is 18.1. The Balaban J connectivity index is 1.56. The number of aliphatic hydroxyl groups excluding tert-OH is 1. The number of halogens is 1. The summed E-state index contributed by atoms with van der Waals surface area (Å²) in [4.78, 5) is 24.7. The van der Waals surface area contributed by atoms with Gasteiger partial charge in [-0.25, -0.2) is 0 Å². The molecule has 2 aromatic carbocycles. The van der Waals surface area contributed by atoms with E-state index in [0.29, 0.717) is 24.4 Å². The topological polar surface area (TPSA) is 77.8 Å². The van der Waals surface area contributed by atoms with E-state index >= 15 is 0 Å². The van der Waals surface area contributed by atoms with Crippen LogP contribution in [-0.4, -0.2) is 39.6 Å². The largest absolute Gasteiger partial charge is 0.481 e. The second-order valence-electron chi connectivity index (χ2n) is 8.21. The van der Waals surface area contributed by atoms with Crippen LogP contribution in [0.15, 0.2) is 60.7 Å². The number of rotatable bonds is 11. The van der Waals surface area contributed by atoms with Gasteiger partial charge in [-0.1, -0.05) is 66.9 Å². The molecule has 1 aliphatic rings. The molecule has 1 amide bonds. The summed E-state index contributed by atoms with van der Waals surface area (Å²) >= 11 is 5.97. The lowest BCUT2D eigenvalue weighted by Crippen LogP contribution is -2.32. The SMILES string of the molecule is O=C(O)CCCCCCN1C(=O)CC[C@@H]1C=CC(O)c1cccc(-c2ccc(Cl)cc2)c1. The molecule has 1 heterocycles. The highest BCUT2D eigenvalue weighted by Gasteiger charge is 2.28. The highest BCUT2D eigenvalue weighted by Crippen LogP contribution is 2.26. The molecule has 0 spiro atoms. The van der Waals surface area contributed by atoms with Crippen LogP contribution in [0, 0.1) is 0 Å². The number of carboxylic acid groups (broad SMARTS) is 1. The third-order valence-electron chi connectivity index (χ3n) is 5.84. The Kier molecular flexibility index (Phi) is 8.89. The Bertz CT molecular complexity index is 941. The van der Waals surface area contributed by atoms with Gasteiger partial charge in [-0.3, -0.25) is 9.59 Å². The molecule has 2 N–H and O–H groups in total. The fraction of sp³-hybridized carbons (Fsp3) is 0.385. The van der Waals surface area contributed by atoms with Crippen molar-refractivity contribution < 1.29 is 19.8 Å². The van der Waals surface area contributed by atoms with Gasteiger partial charge in [0.15, 0.2) is 0 Å². The predicted molar refractivity (Wildman–Crippen MR) is 126 cm³/mol. The molecule has 0 radical (unpaired) electrons. The van der Waals surface area contributed by atoms with Crippen molar-refractivity contribution in [2.75, 3.05) is 6.54 Å². The van der Waals surface area contributed by atoms with Crippen molar-refractivity contribution in [2.24, 2.45) is 0 Å². The minimum absolute atomic E-state index is 0.00406. The van der Waals surface area contributed by atoms with Crippen LogP contribution >= 0.6 is 11.6 Å². The first-order valence-electron chi connectivity index (χ1n) is 11.2. The lowest BCUT2D eigenvalue weighted by Gasteiger charge is -2.22. The molecule has 170 valence electrons. The van der Waals surface area contributed by atoms with E-state index in [-0.39, 0.29) is 18.4 Å². The van der Waals surface area contributed by atoms with Crippen molar-refractivity contribution in [3.05, 3.63) is 71.3 Å². The first kappa shape index (κ1) is 24.0. The molecular weight excluding hydrogens is 426 g/mol. The van der Waals surface area contributed by atoms with Crippen LogP contribution in [0.5, 0.6) is 0 Å². The third-order valence-corrected chi connectivity index (χ3v) is 6.09. The van der Waals surface area contributed by atoms with Crippen molar-refractivity contribution in [1.29, 1.82) is 0 Å². The summed E-state index contributed by atoms with van der Waals surface area (Å²) in [6.07, 6.45) is 7.74. The highest BCUT2D eigenvalue weighted by atomic mass is 35.5. The molecule has 5 nitrogen and oxygen atoms in total. The second-order valence-corrected chi connectivity index (χ2v) is 8.65. The van der Waals surface area contributed by atoms with E-state index in [1.165, 1.54) is 0 Å². The third kappa shape index (κ3) is 6.94. The van der Waals surface area contributed by atoms with E-state index < -0.39 is 12.1 Å². The predicted octanol–water partition coefficient (Wildman–Crippen LogP) is 5.62. The van der Waals surface area contributed by atoms with Crippen LogP contribution in [-0.2, 0) is 9.59 Å². The van der Waals surface area contributed by atoms with E-state index in [1.807, 2.05) is 59.5 Å². The number of aliphatic carboxylic acids is 1. The minimum Gasteiger partial charge on any atom is -0.481 e. The van der Waals surface area contributed by atoms with E-state index in [0.717, 1.165) is 42.4 Å². The summed E-state index contributed by atoms with van der Waals surface area (Å²) in [5.74, 6) is -0.619. The van der Waals surface area contributed by atoms with Gasteiger partial charge in [0, 0.05) is 24.4 Å². The molecule has 1 fully saturated rings. The van der Waals surface area contributed by atoms with E-state index in [4.69, 9.17) is 16.7 Å². The Morgan fingerprint density at radius 2 is 1.84 bits per heavy atom. The summed E-state index contributed by atoms with van der Waals surface area (Å²) in [7, 11) is 0. The zero-order chi connectivity index (χ0) is 22.9. The van der Waals surface area contributed by atoms with Crippen molar-refractivity contribution in [3.8, 4) is 11.1 Å². The number of hydrogen-bond acceptors (Lipinski definition) is 3. The highest BCUT2D eigenvalue weighted by molar-refractivity contribution is 6.30. The lowest BCUT2D eigenvalue weighted by atomic mass is 10.00. The number of carboxylic acids is 1. The van der Waals surface area contributed by atoms with Gasteiger partial charge in [0.1, 0.15) is 0 Å². The molecule has 1 saturated heterocycles. The Labute approximate surface area is 194 Å². The number of carbonyl (C=O) groups is 2. The molecular formula is C26H30ClNO4. The molecule has 6 heteroatoms. The van der Waals surface area contributed by atoms with Gasteiger partial charge < -0.3 is 15.1 Å². The van der Waals surface area contributed by atoms with Crippen LogP contribution in [0.25, 0.3) is 11.1 Å².